The lowest BCUT2D eigenvalue weighted by Gasteiger charge is -2.11. The van der Waals surface area contributed by atoms with E-state index in [1.165, 1.54) is 0 Å². The van der Waals surface area contributed by atoms with E-state index in [2.05, 4.69) is 15.3 Å². The van der Waals surface area contributed by atoms with Crippen LogP contribution in [0.1, 0.15) is 6.92 Å². The van der Waals surface area contributed by atoms with Crippen molar-refractivity contribution in [1.82, 2.24) is 14.5 Å². The summed E-state index contributed by atoms with van der Waals surface area (Å²) >= 11 is 0. The van der Waals surface area contributed by atoms with Gasteiger partial charge in [-0.05, 0) is 13.0 Å². The number of nitrogens with two attached hydrogens (primary N) is 1. The molecule has 80 valence electrons. The Bertz CT molecular complexity index is 462. The van der Waals surface area contributed by atoms with E-state index in [4.69, 9.17) is 5.73 Å². The monoisotopic (exact) mass is 205 g/mol. The average Bonchev–Trinajstić information content (AvgIpc) is 2.62. The van der Waals surface area contributed by atoms with Gasteiger partial charge < -0.3 is 15.6 Å². The number of aryl methyl sites for hydroxylation is 1. The minimum atomic E-state index is 0.199. The molecule has 15 heavy (non-hydrogen) atoms. The van der Waals surface area contributed by atoms with Crippen LogP contribution in [-0.4, -0.2) is 27.1 Å². The van der Waals surface area contributed by atoms with Crippen molar-refractivity contribution >= 4 is 16.9 Å². The summed E-state index contributed by atoms with van der Waals surface area (Å²) < 4.78 is 1.97. The zero-order valence-electron chi connectivity index (χ0n) is 8.94. The maximum atomic E-state index is 5.55. The molecule has 5 nitrogen and oxygen atoms in total. The topological polar surface area (TPSA) is 68.8 Å². The smallest absolute Gasteiger partial charge is 0.154 e. The lowest BCUT2D eigenvalue weighted by atomic mass is 10.3. The van der Waals surface area contributed by atoms with Gasteiger partial charge in [-0.25, -0.2) is 9.97 Å². The lowest BCUT2D eigenvalue weighted by Crippen LogP contribution is -2.25. The number of hydrogen-bond acceptors (Lipinski definition) is 4. The summed E-state index contributed by atoms with van der Waals surface area (Å²) in [5, 5.41) is 3.24. The van der Waals surface area contributed by atoms with Crippen molar-refractivity contribution in [2.45, 2.75) is 13.0 Å². The quantitative estimate of drug-likeness (QED) is 0.775. The molecule has 5 heteroatoms. The number of rotatable bonds is 3. The Morgan fingerprint density at radius 2 is 2.33 bits per heavy atom. The van der Waals surface area contributed by atoms with Gasteiger partial charge in [0.2, 0.25) is 0 Å². The van der Waals surface area contributed by atoms with Gasteiger partial charge in [0.05, 0.1) is 11.8 Å². The summed E-state index contributed by atoms with van der Waals surface area (Å²) in [6.07, 6.45) is 3.56. The van der Waals surface area contributed by atoms with Gasteiger partial charge in [0.25, 0.3) is 0 Å². The summed E-state index contributed by atoms with van der Waals surface area (Å²) in [6, 6.07) is 2.14. The molecule has 0 aliphatic heterocycles. The van der Waals surface area contributed by atoms with E-state index in [-0.39, 0.29) is 6.04 Å². The van der Waals surface area contributed by atoms with Crippen molar-refractivity contribution in [3.63, 3.8) is 0 Å². The molecule has 0 saturated heterocycles. The van der Waals surface area contributed by atoms with Gasteiger partial charge >= 0.3 is 0 Å². The first-order valence-corrected chi connectivity index (χ1v) is 4.95. The SMILES string of the molecule is CC(CN)Nc1nccc2c1ncn2C. The zero-order chi connectivity index (χ0) is 10.8. The first-order chi connectivity index (χ1) is 7.22. The number of fused-ring (bicyclic) bond motifs is 1. The van der Waals surface area contributed by atoms with Crippen LogP contribution in [0.4, 0.5) is 5.82 Å². The normalized spacial score (nSPS) is 13.0. The molecular formula is C10H15N5. The number of aromatic nitrogens is 3. The van der Waals surface area contributed by atoms with E-state index < -0.39 is 0 Å². The third kappa shape index (κ3) is 1.78. The second-order valence-electron chi connectivity index (χ2n) is 3.66. The number of anilines is 1. The van der Waals surface area contributed by atoms with Gasteiger partial charge in [-0.2, -0.15) is 0 Å². The van der Waals surface area contributed by atoms with Crippen LogP contribution in [0.2, 0.25) is 0 Å². The molecule has 2 aromatic heterocycles. The molecule has 0 aromatic carbocycles. The Morgan fingerprint density at radius 1 is 1.53 bits per heavy atom. The molecule has 0 bridgehead atoms. The van der Waals surface area contributed by atoms with E-state index in [0.717, 1.165) is 16.9 Å². The molecule has 2 heterocycles. The summed E-state index contributed by atoms with van der Waals surface area (Å²) in [5.74, 6) is 0.797. The zero-order valence-corrected chi connectivity index (χ0v) is 8.94. The minimum Gasteiger partial charge on any atom is -0.364 e. The third-order valence-corrected chi connectivity index (χ3v) is 2.38. The minimum absolute atomic E-state index is 0.199. The first kappa shape index (κ1) is 9.92. The van der Waals surface area contributed by atoms with Crippen molar-refractivity contribution < 1.29 is 0 Å². The molecule has 2 aromatic rings. The lowest BCUT2D eigenvalue weighted by molar-refractivity contribution is 0.799. The fourth-order valence-corrected chi connectivity index (χ4v) is 1.46. The van der Waals surface area contributed by atoms with Crippen LogP contribution >= 0.6 is 0 Å². The van der Waals surface area contributed by atoms with Crippen LogP contribution in [0.15, 0.2) is 18.6 Å². The van der Waals surface area contributed by atoms with E-state index in [9.17, 15) is 0 Å². The fraction of sp³-hybridized carbons (Fsp3) is 0.400. The molecule has 0 amide bonds. The summed E-state index contributed by atoms with van der Waals surface area (Å²) in [4.78, 5) is 8.57. The van der Waals surface area contributed by atoms with E-state index in [1.807, 2.05) is 24.6 Å². The van der Waals surface area contributed by atoms with Crippen LogP contribution in [0.5, 0.6) is 0 Å². The maximum Gasteiger partial charge on any atom is 0.154 e. The average molecular weight is 205 g/mol. The highest BCUT2D eigenvalue weighted by atomic mass is 15.1. The Balaban J connectivity index is 2.43. The summed E-state index contributed by atoms with van der Waals surface area (Å²) in [7, 11) is 1.96. The standard InChI is InChI=1S/C10H15N5/c1-7(5-11)14-10-9-8(3-4-12-10)15(2)6-13-9/h3-4,6-7H,5,11H2,1-2H3,(H,12,14). The Labute approximate surface area is 88.3 Å². The van der Waals surface area contributed by atoms with Crippen LogP contribution in [0.25, 0.3) is 11.0 Å². The molecule has 1 atom stereocenters. The molecular weight excluding hydrogens is 190 g/mol. The van der Waals surface area contributed by atoms with E-state index in [1.54, 1.807) is 12.5 Å². The molecule has 0 aliphatic carbocycles. The van der Waals surface area contributed by atoms with Crippen molar-refractivity contribution in [3.8, 4) is 0 Å². The van der Waals surface area contributed by atoms with Crippen molar-refractivity contribution in [2.24, 2.45) is 12.8 Å². The van der Waals surface area contributed by atoms with Gasteiger partial charge in [-0.3, -0.25) is 0 Å². The summed E-state index contributed by atoms with van der Waals surface area (Å²) in [6.45, 7) is 2.59. The molecule has 3 N–H and O–H groups in total. The van der Waals surface area contributed by atoms with Gasteiger partial charge in [-0.15, -0.1) is 0 Å². The maximum absolute atomic E-state index is 5.55. The molecule has 0 fully saturated rings. The highest BCUT2D eigenvalue weighted by Gasteiger charge is 2.08. The second kappa shape index (κ2) is 3.86. The fourth-order valence-electron chi connectivity index (χ4n) is 1.46. The molecule has 0 radical (unpaired) electrons. The van der Waals surface area contributed by atoms with E-state index in [0.29, 0.717) is 6.54 Å². The third-order valence-electron chi connectivity index (χ3n) is 2.38. The van der Waals surface area contributed by atoms with Crippen molar-refractivity contribution in [3.05, 3.63) is 18.6 Å². The van der Waals surface area contributed by atoms with Crippen LogP contribution in [-0.2, 0) is 7.05 Å². The number of nitrogens with zero attached hydrogens (tertiary/aromatic N) is 3. The molecule has 2 rings (SSSR count). The van der Waals surface area contributed by atoms with Crippen LogP contribution in [0.3, 0.4) is 0 Å². The van der Waals surface area contributed by atoms with Gasteiger partial charge in [-0.1, -0.05) is 0 Å². The van der Waals surface area contributed by atoms with Crippen LogP contribution < -0.4 is 11.1 Å². The number of hydrogen-bond donors (Lipinski definition) is 2. The van der Waals surface area contributed by atoms with Gasteiger partial charge in [0.1, 0.15) is 5.52 Å². The van der Waals surface area contributed by atoms with Crippen molar-refractivity contribution in [1.29, 1.82) is 0 Å². The van der Waals surface area contributed by atoms with Crippen molar-refractivity contribution in [2.75, 3.05) is 11.9 Å². The van der Waals surface area contributed by atoms with Crippen LogP contribution in [0, 0.1) is 0 Å². The second-order valence-corrected chi connectivity index (χ2v) is 3.66. The summed E-state index contributed by atoms with van der Waals surface area (Å²) in [5.41, 5.74) is 7.51. The molecule has 0 saturated carbocycles. The largest absolute Gasteiger partial charge is 0.364 e. The molecule has 0 aliphatic rings. The predicted molar refractivity (Wildman–Crippen MR) is 60.6 cm³/mol. The highest BCUT2D eigenvalue weighted by molar-refractivity contribution is 5.85. The predicted octanol–water partition coefficient (Wildman–Crippen LogP) is 0.727. The number of pyridine rings is 1. The Hall–Kier alpha value is -1.62. The highest BCUT2D eigenvalue weighted by Crippen LogP contribution is 2.18. The van der Waals surface area contributed by atoms with Gasteiger partial charge in [0, 0.05) is 25.8 Å². The Morgan fingerprint density at radius 3 is 3.07 bits per heavy atom. The van der Waals surface area contributed by atoms with E-state index >= 15 is 0 Å². The molecule has 0 spiro atoms. The van der Waals surface area contributed by atoms with Gasteiger partial charge in [0.15, 0.2) is 5.82 Å². The molecule has 1 unspecified atom stereocenters. The first-order valence-electron chi connectivity index (χ1n) is 4.95. The number of nitrogens with one attached hydrogen (secondary N) is 1. The Kier molecular flexibility index (Phi) is 2.55. The number of imidazole rings is 1.